The standard InChI is InChI=1S/C39H29NO/c1-2-6-34(7-3-1)40-37-9-5-4-8-35(37)36-26-32(18-20-38(36)40)30-16-12-28(13-17-30)24-27-10-14-29(15-11-27)31-19-21-39-33(25-31)22-23-41-39/h1-21,25-26H,22-24H2. The maximum Gasteiger partial charge on any atom is 0.122 e. The van der Waals surface area contributed by atoms with Crippen molar-refractivity contribution in [2.75, 3.05) is 6.61 Å². The smallest absolute Gasteiger partial charge is 0.122 e. The van der Waals surface area contributed by atoms with E-state index in [0.29, 0.717) is 0 Å². The van der Waals surface area contributed by atoms with Gasteiger partial charge in [0.2, 0.25) is 0 Å². The molecule has 0 saturated carbocycles. The van der Waals surface area contributed by atoms with Crippen LogP contribution < -0.4 is 4.74 Å². The van der Waals surface area contributed by atoms with E-state index in [1.807, 2.05) is 0 Å². The van der Waals surface area contributed by atoms with Crippen LogP contribution in [0.2, 0.25) is 0 Å². The van der Waals surface area contributed by atoms with E-state index in [1.165, 1.54) is 66.4 Å². The fourth-order valence-electron chi connectivity index (χ4n) is 6.24. The third-order valence-corrected chi connectivity index (χ3v) is 8.36. The molecular formula is C39H29NO. The molecule has 0 fully saturated rings. The van der Waals surface area contributed by atoms with Gasteiger partial charge < -0.3 is 9.30 Å². The van der Waals surface area contributed by atoms with Gasteiger partial charge in [0.1, 0.15) is 5.75 Å². The molecule has 6 aromatic carbocycles. The van der Waals surface area contributed by atoms with Gasteiger partial charge in [0.05, 0.1) is 17.6 Å². The zero-order chi connectivity index (χ0) is 27.2. The Hall–Kier alpha value is -5.08. The molecule has 0 aliphatic carbocycles. The Morgan fingerprint density at radius 3 is 1.88 bits per heavy atom. The molecule has 1 aliphatic rings. The number of benzene rings is 6. The van der Waals surface area contributed by atoms with Gasteiger partial charge in [-0.2, -0.15) is 0 Å². The molecule has 0 atom stereocenters. The largest absolute Gasteiger partial charge is 0.493 e. The summed E-state index contributed by atoms with van der Waals surface area (Å²) in [6.07, 6.45) is 1.92. The van der Waals surface area contributed by atoms with Crippen LogP contribution in [0.1, 0.15) is 16.7 Å². The SMILES string of the molecule is c1ccc(-n2c3ccccc3c3cc(-c4ccc(Cc5ccc(-c6ccc7c(c6)CCO7)cc5)cc4)ccc32)cc1. The minimum absolute atomic E-state index is 0.795. The van der Waals surface area contributed by atoms with Crippen molar-refractivity contribution in [2.45, 2.75) is 12.8 Å². The second kappa shape index (κ2) is 9.83. The lowest BCUT2D eigenvalue weighted by Crippen LogP contribution is -1.92. The molecule has 1 aliphatic heterocycles. The maximum atomic E-state index is 5.66. The summed E-state index contributed by atoms with van der Waals surface area (Å²) in [5.74, 6) is 1.03. The van der Waals surface area contributed by atoms with Crippen molar-refractivity contribution in [1.82, 2.24) is 4.57 Å². The summed E-state index contributed by atoms with van der Waals surface area (Å²) in [4.78, 5) is 0. The third kappa shape index (κ3) is 4.29. The molecule has 2 heterocycles. The Kier molecular flexibility index (Phi) is 5.70. The molecule has 2 nitrogen and oxygen atoms in total. The van der Waals surface area contributed by atoms with E-state index in [-0.39, 0.29) is 0 Å². The van der Waals surface area contributed by atoms with Crippen molar-refractivity contribution >= 4 is 21.8 Å². The van der Waals surface area contributed by atoms with Gasteiger partial charge in [-0.05, 0) is 87.8 Å². The van der Waals surface area contributed by atoms with E-state index in [0.717, 1.165) is 25.2 Å². The van der Waals surface area contributed by atoms with E-state index in [4.69, 9.17) is 4.74 Å². The number of ether oxygens (including phenoxy) is 1. The number of nitrogens with zero attached hydrogens (tertiary/aromatic N) is 1. The molecule has 7 aromatic rings. The third-order valence-electron chi connectivity index (χ3n) is 8.36. The first kappa shape index (κ1) is 23.8. The first-order valence-corrected chi connectivity index (χ1v) is 14.3. The highest BCUT2D eigenvalue weighted by molar-refractivity contribution is 6.10. The predicted molar refractivity (Wildman–Crippen MR) is 170 cm³/mol. The van der Waals surface area contributed by atoms with Crippen molar-refractivity contribution < 1.29 is 4.74 Å². The van der Waals surface area contributed by atoms with Gasteiger partial charge in [-0.3, -0.25) is 0 Å². The second-order valence-electron chi connectivity index (χ2n) is 10.9. The molecule has 0 unspecified atom stereocenters. The number of hydrogen-bond donors (Lipinski definition) is 0. The van der Waals surface area contributed by atoms with Crippen LogP contribution in [0.4, 0.5) is 0 Å². The highest BCUT2D eigenvalue weighted by Gasteiger charge is 2.14. The lowest BCUT2D eigenvalue weighted by Gasteiger charge is -2.09. The Labute approximate surface area is 240 Å². The average Bonchev–Trinajstić information content (AvgIpc) is 3.64. The fraction of sp³-hybridized carbons (Fsp3) is 0.0769. The van der Waals surface area contributed by atoms with E-state index in [1.54, 1.807) is 0 Å². The van der Waals surface area contributed by atoms with E-state index in [9.17, 15) is 0 Å². The Balaban J connectivity index is 1.06. The van der Waals surface area contributed by atoms with E-state index in [2.05, 4.69) is 144 Å². The van der Waals surface area contributed by atoms with E-state index < -0.39 is 0 Å². The quantitative estimate of drug-likeness (QED) is 0.217. The monoisotopic (exact) mass is 527 g/mol. The molecule has 2 heteroatoms. The summed E-state index contributed by atoms with van der Waals surface area (Å²) in [6, 6.07) is 50.7. The zero-order valence-electron chi connectivity index (χ0n) is 22.8. The molecule has 0 radical (unpaired) electrons. The van der Waals surface area contributed by atoms with Gasteiger partial charge >= 0.3 is 0 Å². The Morgan fingerprint density at radius 1 is 0.512 bits per heavy atom. The van der Waals surface area contributed by atoms with Crippen LogP contribution in [-0.4, -0.2) is 11.2 Å². The summed E-state index contributed by atoms with van der Waals surface area (Å²) in [5, 5.41) is 2.56. The molecule has 0 saturated heterocycles. The highest BCUT2D eigenvalue weighted by atomic mass is 16.5. The summed E-state index contributed by atoms with van der Waals surface area (Å²) in [5.41, 5.74) is 12.6. The number of para-hydroxylation sites is 2. The van der Waals surface area contributed by atoms with Crippen LogP contribution in [0.3, 0.4) is 0 Å². The highest BCUT2D eigenvalue weighted by Crippen LogP contribution is 2.35. The molecule has 0 N–H and O–H groups in total. The van der Waals surface area contributed by atoms with Crippen molar-refractivity contribution in [1.29, 1.82) is 0 Å². The van der Waals surface area contributed by atoms with Crippen LogP contribution in [0.25, 0.3) is 49.7 Å². The maximum absolute atomic E-state index is 5.66. The number of hydrogen-bond acceptors (Lipinski definition) is 1. The van der Waals surface area contributed by atoms with Crippen molar-refractivity contribution in [3.8, 4) is 33.7 Å². The van der Waals surface area contributed by atoms with Crippen LogP contribution >= 0.6 is 0 Å². The normalized spacial score (nSPS) is 12.5. The molecule has 0 bridgehead atoms. The minimum Gasteiger partial charge on any atom is -0.493 e. The van der Waals surface area contributed by atoms with Crippen molar-refractivity contribution in [3.63, 3.8) is 0 Å². The topological polar surface area (TPSA) is 14.2 Å². The Morgan fingerprint density at radius 2 is 1.12 bits per heavy atom. The lowest BCUT2D eigenvalue weighted by atomic mass is 9.97. The summed E-state index contributed by atoms with van der Waals surface area (Å²) in [7, 11) is 0. The number of fused-ring (bicyclic) bond motifs is 4. The molecule has 0 amide bonds. The van der Waals surface area contributed by atoms with Crippen LogP contribution in [0.15, 0.2) is 140 Å². The van der Waals surface area contributed by atoms with Gasteiger partial charge in [-0.15, -0.1) is 0 Å². The summed E-state index contributed by atoms with van der Waals surface area (Å²) < 4.78 is 8.03. The first-order valence-electron chi connectivity index (χ1n) is 14.3. The van der Waals surface area contributed by atoms with Gasteiger partial charge in [0, 0.05) is 22.9 Å². The predicted octanol–water partition coefficient (Wildman–Crippen LogP) is 9.64. The van der Waals surface area contributed by atoms with Crippen molar-refractivity contribution in [2.24, 2.45) is 0 Å². The van der Waals surface area contributed by atoms with Gasteiger partial charge in [0.15, 0.2) is 0 Å². The molecule has 1 aromatic heterocycles. The molecule has 0 spiro atoms. The summed E-state index contributed by atoms with van der Waals surface area (Å²) >= 11 is 0. The number of rotatable bonds is 5. The average molecular weight is 528 g/mol. The second-order valence-corrected chi connectivity index (χ2v) is 10.9. The van der Waals surface area contributed by atoms with Gasteiger partial charge in [-0.25, -0.2) is 0 Å². The number of aromatic nitrogens is 1. The van der Waals surface area contributed by atoms with E-state index >= 15 is 0 Å². The molecule has 196 valence electrons. The van der Waals surface area contributed by atoms with Gasteiger partial charge in [0.25, 0.3) is 0 Å². The molecule has 8 rings (SSSR count). The van der Waals surface area contributed by atoms with Crippen LogP contribution in [-0.2, 0) is 12.8 Å². The van der Waals surface area contributed by atoms with Crippen LogP contribution in [0, 0.1) is 0 Å². The first-order chi connectivity index (χ1) is 20.3. The molecule has 41 heavy (non-hydrogen) atoms. The van der Waals surface area contributed by atoms with Crippen LogP contribution in [0.5, 0.6) is 5.75 Å². The van der Waals surface area contributed by atoms with Crippen molar-refractivity contribution in [3.05, 3.63) is 156 Å². The zero-order valence-corrected chi connectivity index (χ0v) is 22.8. The van der Waals surface area contributed by atoms with Gasteiger partial charge in [-0.1, -0.05) is 97.1 Å². The molecular weight excluding hydrogens is 498 g/mol. The summed E-state index contributed by atoms with van der Waals surface area (Å²) in [6.45, 7) is 0.795. The Bertz CT molecular complexity index is 2020. The fourth-order valence-corrected chi connectivity index (χ4v) is 6.24. The minimum atomic E-state index is 0.795. The lowest BCUT2D eigenvalue weighted by molar-refractivity contribution is 0.357.